The highest BCUT2D eigenvalue weighted by Crippen LogP contribution is 2.30. The van der Waals surface area contributed by atoms with Crippen molar-refractivity contribution in [2.45, 2.75) is 31.7 Å². The predicted octanol–water partition coefficient (Wildman–Crippen LogP) is 1.16. The largest absolute Gasteiger partial charge is 0.495 e. The van der Waals surface area contributed by atoms with Crippen LogP contribution in [0, 0.1) is 5.92 Å². The predicted molar refractivity (Wildman–Crippen MR) is 117 cm³/mol. The molecule has 1 aliphatic carbocycles. The lowest BCUT2D eigenvalue weighted by molar-refractivity contribution is 0.316. The third-order valence-electron chi connectivity index (χ3n) is 5.66. The van der Waals surface area contributed by atoms with Gasteiger partial charge in [0, 0.05) is 39.3 Å². The molecule has 8 nitrogen and oxygen atoms in total. The van der Waals surface area contributed by atoms with Crippen LogP contribution in [0.1, 0.15) is 25.7 Å². The van der Waals surface area contributed by atoms with E-state index in [9.17, 15) is 8.42 Å². The van der Waals surface area contributed by atoms with Crippen LogP contribution in [0.4, 0.5) is 5.69 Å². The van der Waals surface area contributed by atoms with Gasteiger partial charge in [0.1, 0.15) is 5.75 Å². The molecule has 2 aliphatic rings. The molecule has 29 heavy (non-hydrogen) atoms. The molecule has 2 fully saturated rings. The monoisotopic (exact) mass is 423 g/mol. The van der Waals surface area contributed by atoms with Gasteiger partial charge in [0.2, 0.25) is 10.0 Å². The third-order valence-corrected chi connectivity index (χ3v) is 7.01. The van der Waals surface area contributed by atoms with Crippen molar-refractivity contribution in [1.29, 1.82) is 0 Å². The molecular formula is C20H33N5O3S. The number of sulfonamides is 1. The fraction of sp³-hybridized carbons (Fsp3) is 0.650. The molecule has 1 aromatic rings. The Bertz CT molecular complexity index is 795. The van der Waals surface area contributed by atoms with Crippen molar-refractivity contribution < 1.29 is 13.2 Å². The lowest BCUT2D eigenvalue weighted by Gasteiger charge is -2.25. The number of anilines is 1. The van der Waals surface area contributed by atoms with Crippen molar-refractivity contribution in [3.05, 3.63) is 24.3 Å². The molecule has 1 aromatic carbocycles. The van der Waals surface area contributed by atoms with Gasteiger partial charge in [-0.1, -0.05) is 18.6 Å². The van der Waals surface area contributed by atoms with Gasteiger partial charge in [-0.3, -0.25) is 4.99 Å². The first-order valence-corrected chi connectivity index (χ1v) is 12.0. The molecule has 1 saturated heterocycles. The molecule has 0 radical (unpaired) electrons. The van der Waals surface area contributed by atoms with Crippen LogP contribution in [0.3, 0.4) is 0 Å². The zero-order valence-corrected chi connectivity index (χ0v) is 18.2. The average molecular weight is 424 g/mol. The van der Waals surface area contributed by atoms with Crippen LogP contribution in [0.5, 0.6) is 5.75 Å². The molecule has 0 spiro atoms. The number of hydrogen-bond donors (Lipinski definition) is 3. The summed E-state index contributed by atoms with van der Waals surface area (Å²) < 4.78 is 32.4. The topological polar surface area (TPSA) is 95.1 Å². The Kier molecular flexibility index (Phi) is 7.60. The van der Waals surface area contributed by atoms with Crippen LogP contribution in [0.2, 0.25) is 0 Å². The SMILES string of the molecule is CN=C(NCCS(=O)(=O)NCC1CCC1)NC1CCN(c2ccccc2OC)C1. The maximum Gasteiger partial charge on any atom is 0.213 e. The second-order valence-corrected chi connectivity index (χ2v) is 9.64. The number of methoxy groups -OCH3 is 1. The molecule has 0 amide bonds. The zero-order valence-electron chi connectivity index (χ0n) is 17.4. The number of guanidine groups is 1. The Labute approximate surface area is 174 Å². The third kappa shape index (κ3) is 6.24. The highest BCUT2D eigenvalue weighted by molar-refractivity contribution is 7.89. The van der Waals surface area contributed by atoms with Gasteiger partial charge in [-0.2, -0.15) is 0 Å². The minimum atomic E-state index is -3.25. The first-order chi connectivity index (χ1) is 14.0. The summed E-state index contributed by atoms with van der Waals surface area (Å²) in [5.74, 6) is 2.06. The first-order valence-electron chi connectivity index (χ1n) is 10.3. The van der Waals surface area contributed by atoms with Gasteiger partial charge in [-0.15, -0.1) is 0 Å². The van der Waals surface area contributed by atoms with Crippen molar-refractivity contribution in [3.63, 3.8) is 0 Å². The standard InChI is InChI=1S/C20H33N5O3S/c1-21-20(22-11-13-29(26,27)23-14-16-6-5-7-16)24-17-10-12-25(15-17)18-8-3-4-9-19(18)28-2/h3-4,8-9,16-17,23H,5-7,10-15H2,1-2H3,(H2,21,22,24). The van der Waals surface area contributed by atoms with Crippen LogP contribution in [-0.2, 0) is 10.0 Å². The van der Waals surface area contributed by atoms with Gasteiger partial charge in [0.15, 0.2) is 5.96 Å². The minimum absolute atomic E-state index is 0.0401. The van der Waals surface area contributed by atoms with E-state index in [1.165, 1.54) is 6.42 Å². The van der Waals surface area contributed by atoms with E-state index in [1.54, 1.807) is 14.2 Å². The van der Waals surface area contributed by atoms with Gasteiger partial charge in [0.05, 0.1) is 18.6 Å². The number of hydrogen-bond acceptors (Lipinski definition) is 5. The summed E-state index contributed by atoms with van der Waals surface area (Å²) in [6.07, 6.45) is 4.45. The number of benzene rings is 1. The molecule has 1 atom stereocenters. The summed E-state index contributed by atoms with van der Waals surface area (Å²) in [6.45, 7) is 2.65. The fourth-order valence-corrected chi connectivity index (χ4v) is 4.70. The molecule has 1 heterocycles. The van der Waals surface area contributed by atoms with E-state index >= 15 is 0 Å². The van der Waals surface area contributed by atoms with Crippen molar-refractivity contribution >= 4 is 21.7 Å². The van der Waals surface area contributed by atoms with Gasteiger partial charge in [-0.05, 0) is 37.3 Å². The van der Waals surface area contributed by atoms with Crippen molar-refractivity contribution in [1.82, 2.24) is 15.4 Å². The van der Waals surface area contributed by atoms with E-state index in [0.717, 1.165) is 43.8 Å². The maximum absolute atomic E-state index is 12.1. The van der Waals surface area contributed by atoms with Gasteiger partial charge in [-0.25, -0.2) is 13.1 Å². The normalized spacial score (nSPS) is 20.4. The lowest BCUT2D eigenvalue weighted by Crippen LogP contribution is -2.46. The quantitative estimate of drug-likeness (QED) is 0.408. The van der Waals surface area contributed by atoms with E-state index in [2.05, 4.69) is 31.3 Å². The van der Waals surface area contributed by atoms with Crippen LogP contribution in [0.15, 0.2) is 29.3 Å². The molecule has 3 N–H and O–H groups in total. The highest BCUT2D eigenvalue weighted by Gasteiger charge is 2.25. The molecule has 9 heteroatoms. The maximum atomic E-state index is 12.1. The Balaban J connectivity index is 1.42. The van der Waals surface area contributed by atoms with Crippen molar-refractivity contribution in [2.75, 3.05) is 51.0 Å². The summed E-state index contributed by atoms with van der Waals surface area (Å²) in [5, 5.41) is 6.52. The van der Waals surface area contributed by atoms with Crippen LogP contribution in [-0.4, -0.2) is 66.5 Å². The molecule has 1 aliphatic heterocycles. The lowest BCUT2D eigenvalue weighted by atomic mass is 9.86. The number of nitrogens with one attached hydrogen (secondary N) is 3. The Hall–Kier alpha value is -2.00. The molecule has 162 valence electrons. The number of rotatable bonds is 9. The Morgan fingerprint density at radius 2 is 2.07 bits per heavy atom. The van der Waals surface area contributed by atoms with Gasteiger partial charge in [0.25, 0.3) is 0 Å². The van der Waals surface area contributed by atoms with Gasteiger partial charge >= 0.3 is 0 Å². The van der Waals surface area contributed by atoms with Crippen LogP contribution in [0.25, 0.3) is 0 Å². The second kappa shape index (κ2) is 10.2. The van der Waals surface area contributed by atoms with E-state index in [0.29, 0.717) is 25.0 Å². The van der Waals surface area contributed by atoms with Gasteiger partial charge < -0.3 is 20.3 Å². The van der Waals surface area contributed by atoms with E-state index in [1.807, 2.05) is 18.2 Å². The number of para-hydroxylation sites is 2. The minimum Gasteiger partial charge on any atom is -0.495 e. The Morgan fingerprint density at radius 3 is 2.76 bits per heavy atom. The zero-order chi connectivity index (χ0) is 20.7. The van der Waals surface area contributed by atoms with E-state index in [-0.39, 0.29) is 11.8 Å². The first kappa shape index (κ1) is 21.7. The summed E-state index contributed by atoms with van der Waals surface area (Å²) in [7, 11) is 0.132. The summed E-state index contributed by atoms with van der Waals surface area (Å²) in [4.78, 5) is 6.53. The molecule has 3 rings (SSSR count). The summed E-state index contributed by atoms with van der Waals surface area (Å²) >= 11 is 0. The molecule has 1 unspecified atom stereocenters. The fourth-order valence-electron chi connectivity index (χ4n) is 3.69. The van der Waals surface area contributed by atoms with Crippen molar-refractivity contribution in [3.8, 4) is 5.75 Å². The molecule has 0 aromatic heterocycles. The number of aliphatic imine (C=N–C) groups is 1. The van der Waals surface area contributed by atoms with Crippen LogP contribution < -0.4 is 25.0 Å². The Morgan fingerprint density at radius 1 is 1.28 bits per heavy atom. The average Bonchev–Trinajstić information content (AvgIpc) is 3.14. The summed E-state index contributed by atoms with van der Waals surface area (Å²) in [5.41, 5.74) is 1.09. The van der Waals surface area contributed by atoms with E-state index in [4.69, 9.17) is 4.74 Å². The molecule has 0 bridgehead atoms. The molecular weight excluding hydrogens is 390 g/mol. The van der Waals surface area contributed by atoms with Crippen LogP contribution >= 0.6 is 0 Å². The number of ether oxygens (including phenoxy) is 1. The smallest absolute Gasteiger partial charge is 0.213 e. The molecule has 1 saturated carbocycles. The second-order valence-electron chi connectivity index (χ2n) is 7.71. The van der Waals surface area contributed by atoms with E-state index < -0.39 is 10.0 Å². The number of nitrogens with zero attached hydrogens (tertiary/aromatic N) is 2. The summed E-state index contributed by atoms with van der Waals surface area (Å²) in [6, 6.07) is 8.25. The highest BCUT2D eigenvalue weighted by atomic mass is 32.2. The van der Waals surface area contributed by atoms with Crippen molar-refractivity contribution in [2.24, 2.45) is 10.9 Å².